The fourth-order valence-electron chi connectivity index (χ4n) is 3.28. The summed E-state index contributed by atoms with van der Waals surface area (Å²) in [5, 5.41) is 3.38. The summed E-state index contributed by atoms with van der Waals surface area (Å²) in [6, 6.07) is 9.18. The Morgan fingerprint density at radius 2 is 1.70 bits per heavy atom. The Kier molecular flexibility index (Phi) is 20.0. The predicted molar refractivity (Wildman–Crippen MR) is 122 cm³/mol. The van der Waals surface area contributed by atoms with Crippen molar-refractivity contribution in [2.75, 3.05) is 33.2 Å². The van der Waals surface area contributed by atoms with Crippen LogP contribution in [-0.4, -0.2) is 44.0 Å². The molecule has 0 saturated carbocycles. The van der Waals surface area contributed by atoms with Crippen molar-refractivity contribution in [3.05, 3.63) is 53.0 Å². The Balaban J connectivity index is 0. The van der Waals surface area contributed by atoms with Crippen LogP contribution in [0.2, 0.25) is 0 Å². The number of benzene rings is 1. The van der Waals surface area contributed by atoms with Crippen LogP contribution in [0.15, 0.2) is 34.3 Å². The van der Waals surface area contributed by atoms with E-state index in [4.69, 9.17) is 0 Å². The molecule has 0 bridgehead atoms. The molecule has 1 saturated heterocycles. The second-order valence-electron chi connectivity index (χ2n) is 6.90. The number of hydrogen-bond acceptors (Lipinski definition) is 2. The average Bonchev–Trinajstić information content (AvgIpc) is 3.11. The van der Waals surface area contributed by atoms with Crippen molar-refractivity contribution in [2.45, 2.75) is 60.8 Å². The number of allylic oxidation sites excluding steroid dienone is 1. The molecule has 0 atom stereocenters. The van der Waals surface area contributed by atoms with Crippen LogP contribution in [0.4, 0.5) is 8.78 Å². The van der Waals surface area contributed by atoms with E-state index in [9.17, 15) is 8.78 Å². The molecule has 0 radical (unpaired) electrons. The Bertz CT molecular complexity index is 605. The van der Waals surface area contributed by atoms with E-state index in [0.717, 1.165) is 33.1 Å². The van der Waals surface area contributed by atoms with Gasteiger partial charge < -0.3 is 19.0 Å². The molecule has 1 N–H and O–H groups in total. The zero-order valence-electron chi connectivity index (χ0n) is 19.8. The first-order valence-corrected chi connectivity index (χ1v) is 10.6. The summed E-state index contributed by atoms with van der Waals surface area (Å²) in [6.45, 7) is 15.5. The van der Waals surface area contributed by atoms with Crippen molar-refractivity contribution in [3.63, 3.8) is 0 Å². The predicted octanol–water partition coefficient (Wildman–Crippen LogP) is 5.98. The monoisotopic (exact) mass is 645 g/mol. The second-order valence-corrected chi connectivity index (χ2v) is 6.90. The third-order valence-electron chi connectivity index (χ3n) is 4.49. The summed E-state index contributed by atoms with van der Waals surface area (Å²) in [6.07, 6.45) is 2.22. The zero-order chi connectivity index (χ0) is 22.2. The topological polar surface area (TPSA) is 27.6 Å². The van der Waals surface area contributed by atoms with Gasteiger partial charge in [0.1, 0.15) is 5.84 Å². The molecule has 0 unspecified atom stereocenters. The van der Waals surface area contributed by atoms with Gasteiger partial charge in [0.15, 0.2) is 0 Å². The smallest absolute Gasteiger partial charge is 0.422 e. The first-order valence-electron chi connectivity index (χ1n) is 10.6. The van der Waals surface area contributed by atoms with Crippen LogP contribution in [0.1, 0.15) is 58.1 Å². The van der Waals surface area contributed by atoms with Gasteiger partial charge in [-0.25, -0.2) is 0 Å². The molecule has 0 amide bonds. The van der Waals surface area contributed by atoms with Crippen molar-refractivity contribution in [3.8, 4) is 0 Å². The second kappa shape index (κ2) is 19.0. The van der Waals surface area contributed by atoms with Crippen LogP contribution in [0.3, 0.4) is 0 Å². The number of hydrogen-bond donors (Lipinski definition) is 1. The molecule has 1 aromatic rings. The van der Waals surface area contributed by atoms with Gasteiger partial charge in [-0.05, 0) is 38.2 Å². The molecule has 168 valence electrons. The van der Waals surface area contributed by atoms with Crippen molar-refractivity contribution < 1.29 is 39.9 Å². The largest absolute Gasteiger partial charge is 2.00 e. The summed E-state index contributed by atoms with van der Waals surface area (Å²) in [4.78, 5) is 6.93. The number of aliphatic imine (C=N–C) groups is 1. The van der Waals surface area contributed by atoms with Gasteiger partial charge in [-0.1, -0.05) is 33.3 Å². The van der Waals surface area contributed by atoms with E-state index in [-0.39, 0.29) is 31.1 Å². The summed E-state index contributed by atoms with van der Waals surface area (Å²) in [7, 11) is 1.93. The van der Waals surface area contributed by atoms with Crippen molar-refractivity contribution in [1.82, 2.24) is 10.2 Å². The molecule has 1 heterocycles. The molecule has 2 aliphatic rings. The quantitative estimate of drug-likeness (QED) is 0.231. The van der Waals surface area contributed by atoms with Crippen molar-refractivity contribution >= 4 is 5.84 Å². The van der Waals surface area contributed by atoms with Crippen LogP contribution < -0.4 is 5.32 Å². The van der Waals surface area contributed by atoms with E-state index in [2.05, 4.69) is 41.2 Å². The van der Waals surface area contributed by atoms with Gasteiger partial charge in [0, 0.05) is 33.2 Å². The van der Waals surface area contributed by atoms with Gasteiger partial charge in [0.2, 0.25) is 0 Å². The normalized spacial score (nSPS) is 15.8. The van der Waals surface area contributed by atoms with Crippen LogP contribution >= 0.6 is 0 Å². The summed E-state index contributed by atoms with van der Waals surface area (Å²) in [5.41, 5.74) is 5.58. The van der Waals surface area contributed by atoms with E-state index in [1.807, 2.05) is 40.0 Å². The SMILES string of the molecule is CC.CN=C(C1=C(C)CCC1)N1CCNCC1.C[C-](F)F.Cc1[c-]ccc(C)c1.[U+2]. The van der Waals surface area contributed by atoms with E-state index < -0.39 is 6.43 Å². The maximum atomic E-state index is 10.2. The minimum absolute atomic E-state index is 0. The number of nitrogens with one attached hydrogen (secondary N) is 1. The van der Waals surface area contributed by atoms with E-state index in [1.165, 1.54) is 41.8 Å². The van der Waals surface area contributed by atoms with Crippen LogP contribution in [0, 0.1) is 57.5 Å². The van der Waals surface area contributed by atoms with Crippen molar-refractivity contribution in [2.24, 2.45) is 4.99 Å². The number of rotatable bonds is 1. The van der Waals surface area contributed by atoms with E-state index in [0.29, 0.717) is 0 Å². The third kappa shape index (κ3) is 13.6. The van der Waals surface area contributed by atoms with Gasteiger partial charge in [0.25, 0.3) is 0 Å². The van der Waals surface area contributed by atoms with Gasteiger partial charge in [-0.3, -0.25) is 4.99 Å². The zero-order valence-corrected chi connectivity index (χ0v) is 24.0. The molecule has 1 aromatic carbocycles. The number of amidine groups is 1. The van der Waals surface area contributed by atoms with Crippen LogP contribution in [0.5, 0.6) is 0 Å². The van der Waals surface area contributed by atoms with Crippen LogP contribution in [0.25, 0.3) is 0 Å². The Morgan fingerprint density at radius 1 is 1.13 bits per heavy atom. The summed E-state index contributed by atoms with van der Waals surface area (Å²) >= 11 is 0. The third-order valence-corrected chi connectivity index (χ3v) is 4.49. The average molecular weight is 646 g/mol. The fraction of sp³-hybridized carbons (Fsp3) is 0.583. The fourth-order valence-corrected chi connectivity index (χ4v) is 3.28. The molecule has 3 rings (SSSR count). The maximum Gasteiger partial charge on any atom is 2.00 e. The van der Waals surface area contributed by atoms with E-state index in [1.54, 1.807) is 5.57 Å². The van der Waals surface area contributed by atoms with Gasteiger partial charge >= 0.3 is 31.1 Å². The van der Waals surface area contributed by atoms with Crippen LogP contribution in [-0.2, 0) is 0 Å². The summed E-state index contributed by atoms with van der Waals surface area (Å²) in [5.74, 6) is 1.26. The Hall–Kier alpha value is -0.698. The molecule has 1 fully saturated rings. The standard InChI is InChI=1S/C12H21N3.C8H9.C2H3F2.C2H6.U/c1-10-4-3-5-11(10)12(13-2)15-8-6-14-7-9-15;1-7-4-3-5-8(2)6-7;1-2(3)4;1-2;/h14H,3-9H2,1-2H3;3-4,6H,1-2H3;1H3;1-2H3;/q;2*-1;;+2. The van der Waals surface area contributed by atoms with Gasteiger partial charge in [-0.15, -0.1) is 6.92 Å². The van der Waals surface area contributed by atoms with Gasteiger partial charge in [0.05, 0.1) is 0 Å². The molecule has 0 spiro atoms. The number of aryl methyl sites for hydroxylation is 2. The number of halogens is 2. The first-order chi connectivity index (χ1) is 13.8. The molecule has 0 aromatic heterocycles. The van der Waals surface area contributed by atoms with E-state index >= 15 is 0 Å². The minimum Gasteiger partial charge on any atom is -0.422 e. The molecular formula is C24H39F2N3U. The Morgan fingerprint density at radius 3 is 2.07 bits per heavy atom. The number of piperazine rings is 1. The maximum absolute atomic E-state index is 10.2. The molecule has 3 nitrogen and oxygen atoms in total. The Labute approximate surface area is 207 Å². The molecule has 1 aliphatic heterocycles. The summed E-state index contributed by atoms with van der Waals surface area (Å²) < 4.78 is 20.5. The minimum atomic E-state index is -1.58. The van der Waals surface area contributed by atoms with Crippen molar-refractivity contribution in [1.29, 1.82) is 0 Å². The molecule has 30 heavy (non-hydrogen) atoms. The molecule has 6 heteroatoms. The first kappa shape index (κ1) is 31.5. The molecular weight excluding hydrogens is 606 g/mol. The van der Waals surface area contributed by atoms with Gasteiger partial charge in [-0.2, -0.15) is 35.4 Å². The number of nitrogens with zero attached hydrogens (tertiary/aromatic N) is 2. The molecule has 1 aliphatic carbocycles.